The second-order valence-corrected chi connectivity index (χ2v) is 5.58. The average Bonchev–Trinajstić information content (AvgIpc) is 3.05. The van der Waals surface area contributed by atoms with Crippen LogP contribution < -0.4 is 0 Å². The minimum Gasteiger partial charge on any atom is -0.456 e. The quantitative estimate of drug-likeness (QED) is 0.530. The first-order chi connectivity index (χ1) is 12.1. The van der Waals surface area contributed by atoms with Gasteiger partial charge in [0.2, 0.25) is 0 Å². The highest BCUT2D eigenvalue weighted by molar-refractivity contribution is 6.15. The van der Waals surface area contributed by atoms with E-state index in [2.05, 4.69) is 15.5 Å². The summed E-state index contributed by atoms with van der Waals surface area (Å²) in [7, 11) is 0. The van der Waals surface area contributed by atoms with Crippen LogP contribution in [0.15, 0.2) is 54.6 Å². The molecular weight excluding hydrogens is 316 g/mol. The molecule has 25 heavy (non-hydrogen) atoms. The van der Waals surface area contributed by atoms with Gasteiger partial charge < -0.3 is 4.74 Å². The van der Waals surface area contributed by atoms with E-state index < -0.39 is 5.97 Å². The fraction of sp³-hybridized carbons (Fsp3) is 0.158. The fourth-order valence-corrected chi connectivity index (χ4v) is 2.36. The SMILES string of the molecule is Cc1ccccc1COC(=O)/C(=C/c1ccccc1)n1nnnc1C. The number of nitrogens with zero attached hydrogens (tertiary/aromatic N) is 4. The second-order valence-electron chi connectivity index (χ2n) is 5.58. The molecule has 0 amide bonds. The van der Waals surface area contributed by atoms with Gasteiger partial charge in [-0.05, 0) is 47.0 Å². The molecule has 0 aliphatic heterocycles. The Morgan fingerprint density at radius 2 is 1.80 bits per heavy atom. The summed E-state index contributed by atoms with van der Waals surface area (Å²) in [5.41, 5.74) is 3.16. The summed E-state index contributed by atoms with van der Waals surface area (Å²) in [6.07, 6.45) is 1.71. The van der Waals surface area contributed by atoms with Gasteiger partial charge in [0.05, 0.1) is 0 Å². The largest absolute Gasteiger partial charge is 0.456 e. The van der Waals surface area contributed by atoms with Crippen LogP contribution in [0.25, 0.3) is 11.8 Å². The van der Waals surface area contributed by atoms with Gasteiger partial charge in [0.15, 0.2) is 11.5 Å². The Kier molecular flexibility index (Phi) is 4.99. The molecule has 0 aliphatic rings. The number of hydrogen-bond donors (Lipinski definition) is 0. The lowest BCUT2D eigenvalue weighted by Gasteiger charge is -2.10. The summed E-state index contributed by atoms with van der Waals surface area (Å²) >= 11 is 0. The van der Waals surface area contributed by atoms with Crippen LogP contribution in [-0.4, -0.2) is 26.2 Å². The summed E-state index contributed by atoms with van der Waals surface area (Å²) in [4.78, 5) is 12.7. The van der Waals surface area contributed by atoms with E-state index in [4.69, 9.17) is 4.74 Å². The molecule has 0 unspecified atom stereocenters. The van der Waals surface area contributed by atoms with Crippen molar-refractivity contribution in [2.75, 3.05) is 0 Å². The Bertz CT molecular complexity index is 901. The van der Waals surface area contributed by atoms with Crippen LogP contribution in [0.1, 0.15) is 22.5 Å². The van der Waals surface area contributed by atoms with E-state index in [1.54, 1.807) is 13.0 Å². The maximum absolute atomic E-state index is 12.7. The third kappa shape index (κ3) is 3.98. The van der Waals surface area contributed by atoms with Gasteiger partial charge in [-0.25, -0.2) is 4.79 Å². The molecule has 1 aromatic heterocycles. The molecule has 0 N–H and O–H groups in total. The van der Waals surface area contributed by atoms with Gasteiger partial charge in [-0.2, -0.15) is 4.68 Å². The molecule has 6 heteroatoms. The Morgan fingerprint density at radius 1 is 1.08 bits per heavy atom. The van der Waals surface area contributed by atoms with Crippen molar-refractivity contribution in [3.05, 3.63) is 77.1 Å². The highest BCUT2D eigenvalue weighted by Gasteiger charge is 2.18. The van der Waals surface area contributed by atoms with Gasteiger partial charge in [-0.3, -0.25) is 0 Å². The van der Waals surface area contributed by atoms with Gasteiger partial charge in [-0.1, -0.05) is 54.6 Å². The number of carbonyl (C=O) groups excluding carboxylic acids is 1. The van der Waals surface area contributed by atoms with Crippen molar-refractivity contribution in [3.63, 3.8) is 0 Å². The summed E-state index contributed by atoms with van der Waals surface area (Å²) in [5.74, 6) is 0.0255. The summed E-state index contributed by atoms with van der Waals surface area (Å²) in [5, 5.41) is 11.4. The molecule has 0 aliphatic carbocycles. The standard InChI is InChI=1S/C19H18N4O2/c1-14-8-6-7-11-17(14)13-25-19(24)18(23-15(2)20-21-22-23)12-16-9-4-3-5-10-16/h3-12H,13H2,1-2H3/b18-12-. The van der Waals surface area contributed by atoms with Gasteiger partial charge in [0, 0.05) is 0 Å². The number of tetrazole rings is 1. The summed E-state index contributed by atoms with van der Waals surface area (Å²) in [6, 6.07) is 17.3. The Balaban J connectivity index is 1.87. The Labute approximate surface area is 145 Å². The van der Waals surface area contributed by atoms with Crippen molar-refractivity contribution >= 4 is 17.7 Å². The topological polar surface area (TPSA) is 69.9 Å². The van der Waals surface area contributed by atoms with Crippen molar-refractivity contribution in [3.8, 4) is 0 Å². The lowest BCUT2D eigenvalue weighted by atomic mass is 10.1. The Hall–Kier alpha value is -3.28. The van der Waals surface area contributed by atoms with Crippen molar-refractivity contribution in [1.29, 1.82) is 0 Å². The first kappa shape index (κ1) is 16.6. The van der Waals surface area contributed by atoms with Crippen LogP contribution in [0, 0.1) is 13.8 Å². The third-order valence-electron chi connectivity index (χ3n) is 3.79. The number of esters is 1. The van der Waals surface area contributed by atoms with Crippen molar-refractivity contribution < 1.29 is 9.53 Å². The molecule has 6 nitrogen and oxygen atoms in total. The zero-order valence-electron chi connectivity index (χ0n) is 14.1. The summed E-state index contributed by atoms with van der Waals surface area (Å²) < 4.78 is 6.88. The molecule has 0 spiro atoms. The Morgan fingerprint density at radius 3 is 2.48 bits per heavy atom. The molecule has 0 saturated heterocycles. The van der Waals surface area contributed by atoms with E-state index in [0.717, 1.165) is 16.7 Å². The number of benzene rings is 2. The van der Waals surface area contributed by atoms with Crippen LogP contribution in [0.5, 0.6) is 0 Å². The van der Waals surface area contributed by atoms with Crippen molar-refractivity contribution in [2.45, 2.75) is 20.5 Å². The minimum absolute atomic E-state index is 0.193. The number of hydrogen-bond acceptors (Lipinski definition) is 5. The van der Waals surface area contributed by atoms with E-state index in [-0.39, 0.29) is 12.3 Å². The maximum atomic E-state index is 12.7. The van der Waals surface area contributed by atoms with Crippen LogP contribution in [0.2, 0.25) is 0 Å². The zero-order valence-corrected chi connectivity index (χ0v) is 14.1. The number of aryl methyl sites for hydroxylation is 2. The molecule has 0 atom stereocenters. The molecule has 2 aromatic carbocycles. The maximum Gasteiger partial charge on any atom is 0.357 e. The highest BCUT2D eigenvalue weighted by atomic mass is 16.5. The number of aromatic nitrogens is 4. The van der Waals surface area contributed by atoms with E-state index in [1.165, 1.54) is 4.68 Å². The first-order valence-electron chi connectivity index (χ1n) is 7.89. The predicted octanol–water partition coefficient (Wildman–Crippen LogP) is 3.03. The fourth-order valence-electron chi connectivity index (χ4n) is 2.36. The monoisotopic (exact) mass is 334 g/mol. The van der Waals surface area contributed by atoms with Crippen LogP contribution in [0.4, 0.5) is 0 Å². The number of ether oxygens (including phenoxy) is 1. The average molecular weight is 334 g/mol. The van der Waals surface area contributed by atoms with Crippen LogP contribution >= 0.6 is 0 Å². The molecule has 0 saturated carbocycles. The molecule has 3 rings (SSSR count). The predicted molar refractivity (Wildman–Crippen MR) is 94.1 cm³/mol. The number of rotatable bonds is 5. The first-order valence-corrected chi connectivity index (χ1v) is 7.89. The van der Waals surface area contributed by atoms with E-state index >= 15 is 0 Å². The molecular formula is C19H18N4O2. The van der Waals surface area contributed by atoms with Gasteiger partial charge >= 0.3 is 5.97 Å². The van der Waals surface area contributed by atoms with Gasteiger partial charge in [0.1, 0.15) is 6.61 Å². The normalized spacial score (nSPS) is 11.4. The molecule has 0 bridgehead atoms. The number of carbonyl (C=O) groups is 1. The smallest absolute Gasteiger partial charge is 0.357 e. The van der Waals surface area contributed by atoms with Crippen LogP contribution in [-0.2, 0) is 16.1 Å². The van der Waals surface area contributed by atoms with Crippen LogP contribution in [0.3, 0.4) is 0 Å². The molecule has 126 valence electrons. The second kappa shape index (κ2) is 7.53. The zero-order chi connectivity index (χ0) is 17.6. The molecule has 0 fully saturated rings. The molecule has 3 aromatic rings. The minimum atomic E-state index is -0.484. The summed E-state index contributed by atoms with van der Waals surface area (Å²) in [6.45, 7) is 3.90. The van der Waals surface area contributed by atoms with E-state index in [1.807, 2.05) is 61.5 Å². The van der Waals surface area contributed by atoms with Crippen molar-refractivity contribution in [1.82, 2.24) is 20.2 Å². The molecule has 0 radical (unpaired) electrons. The van der Waals surface area contributed by atoms with E-state index in [9.17, 15) is 4.79 Å². The van der Waals surface area contributed by atoms with Crippen molar-refractivity contribution in [2.24, 2.45) is 0 Å². The van der Waals surface area contributed by atoms with E-state index in [0.29, 0.717) is 5.82 Å². The lowest BCUT2D eigenvalue weighted by molar-refractivity contribution is -0.138. The van der Waals surface area contributed by atoms with Gasteiger partial charge in [-0.15, -0.1) is 5.10 Å². The highest BCUT2D eigenvalue weighted by Crippen LogP contribution is 2.15. The molecule has 1 heterocycles. The third-order valence-corrected chi connectivity index (χ3v) is 3.79. The lowest BCUT2D eigenvalue weighted by Crippen LogP contribution is -2.15. The van der Waals surface area contributed by atoms with Gasteiger partial charge in [0.25, 0.3) is 0 Å².